The molecule has 0 radical (unpaired) electrons. The fraction of sp³-hybridized carbons (Fsp3) is 0.722. The van der Waals surface area contributed by atoms with E-state index in [-0.39, 0.29) is 5.56 Å². The molecular weight excluding hydrogens is 348 g/mol. The average Bonchev–Trinajstić information content (AvgIpc) is 3.29. The molecule has 4 rings (SSSR count). The van der Waals surface area contributed by atoms with Crippen LogP contribution in [0.3, 0.4) is 0 Å². The Kier molecular flexibility index (Phi) is 5.24. The zero-order valence-corrected chi connectivity index (χ0v) is 16.5. The van der Waals surface area contributed by atoms with Gasteiger partial charge in [0.05, 0.1) is 0 Å². The van der Waals surface area contributed by atoms with E-state index in [0.29, 0.717) is 6.04 Å². The van der Waals surface area contributed by atoms with E-state index < -0.39 is 0 Å². The van der Waals surface area contributed by atoms with E-state index in [0.717, 1.165) is 61.4 Å². The van der Waals surface area contributed by atoms with Crippen LogP contribution in [0.2, 0.25) is 0 Å². The first-order valence-corrected chi connectivity index (χ1v) is 10.6. The summed E-state index contributed by atoms with van der Waals surface area (Å²) in [7, 11) is 0. The highest BCUT2D eigenvalue weighted by Crippen LogP contribution is 2.27. The van der Waals surface area contributed by atoms with Gasteiger partial charge in [0.15, 0.2) is 0 Å². The minimum Gasteiger partial charge on any atom is -0.345 e. The van der Waals surface area contributed by atoms with Crippen molar-refractivity contribution in [3.8, 4) is 0 Å². The number of hydrogen-bond acceptors (Lipinski definition) is 7. The van der Waals surface area contributed by atoms with Gasteiger partial charge in [0, 0.05) is 57.1 Å². The summed E-state index contributed by atoms with van der Waals surface area (Å²) >= 11 is 1.54. The maximum Gasteiger partial charge on any atom is 0.275 e. The van der Waals surface area contributed by atoms with Crippen molar-refractivity contribution < 1.29 is 0 Å². The Morgan fingerprint density at radius 1 is 1.19 bits per heavy atom. The molecule has 2 aliphatic heterocycles. The molecule has 4 heterocycles. The van der Waals surface area contributed by atoms with E-state index in [4.69, 9.17) is 0 Å². The first kappa shape index (κ1) is 17.9. The Balaban J connectivity index is 1.47. The van der Waals surface area contributed by atoms with Crippen molar-refractivity contribution in [2.45, 2.75) is 39.2 Å². The predicted molar refractivity (Wildman–Crippen MR) is 105 cm³/mol. The second kappa shape index (κ2) is 7.62. The SMILES string of the molecule is CCCc1cc(=O)n2nc(N3CCC(N4CCN(CC)CC4)C3)sc2n1. The largest absolute Gasteiger partial charge is 0.345 e. The van der Waals surface area contributed by atoms with Crippen LogP contribution in [0, 0.1) is 0 Å². The van der Waals surface area contributed by atoms with Gasteiger partial charge < -0.3 is 9.80 Å². The number of aryl methyl sites for hydroxylation is 1. The molecule has 8 heteroatoms. The molecule has 0 saturated carbocycles. The van der Waals surface area contributed by atoms with Gasteiger partial charge in [-0.2, -0.15) is 4.52 Å². The number of anilines is 1. The Hall–Kier alpha value is -1.51. The normalized spacial score (nSPS) is 22.5. The van der Waals surface area contributed by atoms with Crippen molar-refractivity contribution in [2.75, 3.05) is 50.7 Å². The van der Waals surface area contributed by atoms with Gasteiger partial charge in [-0.15, -0.1) is 5.10 Å². The topological polar surface area (TPSA) is 57.0 Å². The molecule has 0 N–H and O–H groups in total. The molecule has 2 fully saturated rings. The third-order valence-electron chi connectivity index (χ3n) is 5.60. The molecule has 26 heavy (non-hydrogen) atoms. The fourth-order valence-electron chi connectivity index (χ4n) is 4.02. The molecule has 2 aromatic rings. The second-order valence-corrected chi connectivity index (χ2v) is 8.21. The van der Waals surface area contributed by atoms with Crippen molar-refractivity contribution in [1.82, 2.24) is 24.4 Å². The molecule has 2 aliphatic rings. The molecule has 2 saturated heterocycles. The van der Waals surface area contributed by atoms with Crippen LogP contribution in [0.4, 0.5) is 5.13 Å². The summed E-state index contributed by atoms with van der Waals surface area (Å²) in [4.78, 5) is 25.1. The molecule has 142 valence electrons. The molecular formula is C18H28N6OS. The van der Waals surface area contributed by atoms with Crippen LogP contribution < -0.4 is 10.5 Å². The maximum atomic E-state index is 12.3. The Labute approximate surface area is 158 Å². The summed E-state index contributed by atoms with van der Waals surface area (Å²) < 4.78 is 1.46. The molecule has 0 bridgehead atoms. The van der Waals surface area contributed by atoms with Gasteiger partial charge in [-0.05, 0) is 19.4 Å². The van der Waals surface area contributed by atoms with Crippen LogP contribution in [-0.4, -0.2) is 76.3 Å². The summed E-state index contributed by atoms with van der Waals surface area (Å²) in [6.45, 7) is 12.2. The van der Waals surface area contributed by atoms with Crippen molar-refractivity contribution in [3.05, 3.63) is 22.1 Å². The van der Waals surface area contributed by atoms with Crippen molar-refractivity contribution in [2.24, 2.45) is 0 Å². The number of likely N-dealkylation sites (N-methyl/N-ethyl adjacent to an activating group) is 1. The number of hydrogen-bond donors (Lipinski definition) is 0. The van der Waals surface area contributed by atoms with Crippen LogP contribution in [-0.2, 0) is 6.42 Å². The third kappa shape index (κ3) is 3.50. The monoisotopic (exact) mass is 376 g/mol. The van der Waals surface area contributed by atoms with Gasteiger partial charge in [0.2, 0.25) is 10.1 Å². The molecule has 1 atom stereocenters. The average molecular weight is 377 g/mol. The van der Waals surface area contributed by atoms with Crippen LogP contribution in [0.25, 0.3) is 4.96 Å². The lowest BCUT2D eigenvalue weighted by Crippen LogP contribution is -2.50. The van der Waals surface area contributed by atoms with Crippen LogP contribution in [0.1, 0.15) is 32.4 Å². The molecule has 1 unspecified atom stereocenters. The van der Waals surface area contributed by atoms with E-state index in [9.17, 15) is 4.79 Å². The standard InChI is InChI=1S/C18H28N6OS/c1-3-5-14-12-16(25)24-17(19-14)26-18(20-24)23-7-6-15(13-23)22-10-8-21(4-2)9-11-22/h12,15H,3-11,13H2,1-2H3. The first-order chi connectivity index (χ1) is 12.7. The molecule has 0 aliphatic carbocycles. The van der Waals surface area contributed by atoms with Gasteiger partial charge in [0.1, 0.15) is 0 Å². The van der Waals surface area contributed by atoms with Gasteiger partial charge in [-0.25, -0.2) is 4.98 Å². The molecule has 0 spiro atoms. The van der Waals surface area contributed by atoms with E-state index >= 15 is 0 Å². The van der Waals surface area contributed by atoms with Crippen LogP contribution in [0.15, 0.2) is 10.9 Å². The number of fused-ring (bicyclic) bond motifs is 1. The highest BCUT2D eigenvalue weighted by molar-refractivity contribution is 7.20. The van der Waals surface area contributed by atoms with Gasteiger partial charge in [-0.1, -0.05) is 31.6 Å². The molecule has 0 amide bonds. The highest BCUT2D eigenvalue weighted by Gasteiger charge is 2.31. The van der Waals surface area contributed by atoms with Gasteiger partial charge >= 0.3 is 0 Å². The quantitative estimate of drug-likeness (QED) is 0.785. The predicted octanol–water partition coefficient (Wildman–Crippen LogP) is 1.32. The summed E-state index contributed by atoms with van der Waals surface area (Å²) in [6.07, 6.45) is 3.01. The Morgan fingerprint density at radius 2 is 2.00 bits per heavy atom. The van der Waals surface area contributed by atoms with E-state index in [1.807, 2.05) is 0 Å². The summed E-state index contributed by atoms with van der Waals surface area (Å²) in [5.41, 5.74) is 0.813. The lowest BCUT2D eigenvalue weighted by molar-refractivity contribution is 0.107. The number of rotatable bonds is 5. The van der Waals surface area contributed by atoms with E-state index in [2.05, 4.69) is 38.6 Å². The lowest BCUT2D eigenvalue weighted by Gasteiger charge is -2.37. The molecule has 0 aromatic carbocycles. The third-order valence-corrected chi connectivity index (χ3v) is 6.57. The smallest absolute Gasteiger partial charge is 0.275 e. The molecule has 7 nitrogen and oxygen atoms in total. The zero-order chi connectivity index (χ0) is 18.1. The first-order valence-electron chi connectivity index (χ1n) is 9.79. The molecule has 2 aromatic heterocycles. The second-order valence-electron chi connectivity index (χ2n) is 7.27. The van der Waals surface area contributed by atoms with Crippen LogP contribution >= 0.6 is 11.3 Å². The minimum absolute atomic E-state index is 0.0626. The Morgan fingerprint density at radius 3 is 2.73 bits per heavy atom. The number of piperazine rings is 1. The highest BCUT2D eigenvalue weighted by atomic mass is 32.1. The lowest BCUT2D eigenvalue weighted by atomic mass is 10.2. The minimum atomic E-state index is -0.0626. The maximum absolute atomic E-state index is 12.3. The Bertz CT molecular complexity index is 810. The summed E-state index contributed by atoms with van der Waals surface area (Å²) in [5, 5.41) is 5.49. The van der Waals surface area contributed by atoms with Gasteiger partial charge in [0.25, 0.3) is 5.56 Å². The van der Waals surface area contributed by atoms with Gasteiger partial charge in [-0.3, -0.25) is 9.69 Å². The number of aromatic nitrogens is 3. The van der Waals surface area contributed by atoms with E-state index in [1.165, 1.54) is 24.0 Å². The summed E-state index contributed by atoms with van der Waals surface area (Å²) in [5.74, 6) is 0. The number of nitrogens with zero attached hydrogens (tertiary/aromatic N) is 6. The van der Waals surface area contributed by atoms with Crippen molar-refractivity contribution >= 4 is 21.4 Å². The van der Waals surface area contributed by atoms with Crippen LogP contribution in [0.5, 0.6) is 0 Å². The van der Waals surface area contributed by atoms with Crippen molar-refractivity contribution in [1.29, 1.82) is 0 Å². The fourth-order valence-corrected chi connectivity index (χ4v) is 4.98. The van der Waals surface area contributed by atoms with Crippen molar-refractivity contribution in [3.63, 3.8) is 0 Å². The van der Waals surface area contributed by atoms with E-state index in [1.54, 1.807) is 17.4 Å². The zero-order valence-electron chi connectivity index (χ0n) is 15.7. The summed E-state index contributed by atoms with van der Waals surface area (Å²) in [6, 6.07) is 2.22.